The fourth-order valence-electron chi connectivity index (χ4n) is 2.60. The van der Waals surface area contributed by atoms with Gasteiger partial charge in [0, 0.05) is 17.9 Å². The topological polar surface area (TPSA) is 29.1 Å². The number of rotatable bonds is 8. The molecular formula is C21H27NOS. The van der Waals surface area contributed by atoms with Gasteiger partial charge in [0.15, 0.2) is 0 Å². The molecule has 1 amide bonds. The first-order chi connectivity index (χ1) is 11.6. The molecule has 0 saturated carbocycles. The lowest BCUT2D eigenvalue weighted by molar-refractivity contribution is -0.121. The second-order valence-corrected chi connectivity index (χ2v) is 7.27. The number of nitrogens with one attached hydrogen (secondary N) is 1. The number of benzene rings is 2. The molecule has 0 aliphatic rings. The Morgan fingerprint density at radius 1 is 1.08 bits per heavy atom. The molecule has 0 aromatic heterocycles. The predicted molar refractivity (Wildman–Crippen MR) is 104 cm³/mol. The molecule has 128 valence electrons. The van der Waals surface area contributed by atoms with E-state index in [9.17, 15) is 4.79 Å². The number of thioether (sulfide) groups is 1. The lowest BCUT2D eigenvalue weighted by atomic mass is 9.99. The minimum absolute atomic E-state index is 0.107. The first-order valence-corrected chi connectivity index (χ1v) is 9.73. The molecule has 1 unspecified atom stereocenters. The van der Waals surface area contributed by atoms with Crippen molar-refractivity contribution in [3.05, 3.63) is 70.8 Å². The first kappa shape index (κ1) is 18.6. The molecule has 0 heterocycles. The van der Waals surface area contributed by atoms with Crippen LogP contribution in [0.15, 0.2) is 48.5 Å². The Balaban J connectivity index is 1.78. The highest BCUT2D eigenvalue weighted by Crippen LogP contribution is 2.20. The highest BCUT2D eigenvalue weighted by atomic mass is 32.2. The van der Waals surface area contributed by atoms with E-state index < -0.39 is 0 Å². The Kier molecular flexibility index (Phi) is 7.38. The van der Waals surface area contributed by atoms with Gasteiger partial charge in [-0.05, 0) is 42.5 Å². The summed E-state index contributed by atoms with van der Waals surface area (Å²) in [7, 11) is 0. The maximum absolute atomic E-state index is 12.2. The van der Waals surface area contributed by atoms with Gasteiger partial charge in [-0.2, -0.15) is 11.8 Å². The molecule has 1 atom stereocenters. The van der Waals surface area contributed by atoms with E-state index in [0.717, 1.165) is 17.9 Å². The van der Waals surface area contributed by atoms with Crippen LogP contribution in [0.5, 0.6) is 0 Å². The Hall–Kier alpha value is -1.74. The van der Waals surface area contributed by atoms with E-state index >= 15 is 0 Å². The molecule has 2 aromatic carbocycles. The van der Waals surface area contributed by atoms with Gasteiger partial charge in [-0.15, -0.1) is 0 Å². The standard InChI is InChI=1S/C21H27NOS/c1-4-20(19-11-10-16(2)17(3)14-19)22-21(23)12-13-24-15-18-8-6-5-7-9-18/h5-11,14,20H,4,12-13,15H2,1-3H3,(H,22,23). The van der Waals surface area contributed by atoms with Gasteiger partial charge in [0.05, 0.1) is 6.04 Å². The molecular weight excluding hydrogens is 314 g/mol. The molecule has 0 radical (unpaired) electrons. The molecule has 0 spiro atoms. The van der Waals surface area contributed by atoms with Crippen LogP contribution in [0.25, 0.3) is 0 Å². The van der Waals surface area contributed by atoms with Crippen molar-refractivity contribution < 1.29 is 4.79 Å². The molecule has 24 heavy (non-hydrogen) atoms. The van der Waals surface area contributed by atoms with E-state index in [1.54, 1.807) is 0 Å². The van der Waals surface area contributed by atoms with Gasteiger partial charge < -0.3 is 5.32 Å². The molecule has 2 rings (SSSR count). The molecule has 1 N–H and O–H groups in total. The molecule has 0 saturated heterocycles. The van der Waals surface area contributed by atoms with Crippen molar-refractivity contribution in [1.29, 1.82) is 0 Å². The van der Waals surface area contributed by atoms with Gasteiger partial charge >= 0.3 is 0 Å². The van der Waals surface area contributed by atoms with Crippen LogP contribution >= 0.6 is 11.8 Å². The van der Waals surface area contributed by atoms with Crippen LogP contribution in [0.4, 0.5) is 0 Å². The van der Waals surface area contributed by atoms with Crippen molar-refractivity contribution in [3.63, 3.8) is 0 Å². The normalized spacial score (nSPS) is 12.0. The summed E-state index contributed by atoms with van der Waals surface area (Å²) >= 11 is 1.81. The van der Waals surface area contributed by atoms with Crippen LogP contribution in [-0.2, 0) is 10.5 Å². The van der Waals surface area contributed by atoms with Crippen molar-refractivity contribution in [2.45, 2.75) is 45.4 Å². The molecule has 0 bridgehead atoms. The molecule has 0 aliphatic heterocycles. The zero-order chi connectivity index (χ0) is 17.4. The predicted octanol–water partition coefficient (Wildman–Crippen LogP) is 5.19. The van der Waals surface area contributed by atoms with Gasteiger partial charge in [-0.3, -0.25) is 4.79 Å². The lowest BCUT2D eigenvalue weighted by Gasteiger charge is -2.18. The Labute approximate surface area is 150 Å². The number of hydrogen-bond acceptors (Lipinski definition) is 2. The highest BCUT2D eigenvalue weighted by Gasteiger charge is 2.13. The van der Waals surface area contributed by atoms with Crippen LogP contribution in [0, 0.1) is 13.8 Å². The average Bonchev–Trinajstić information content (AvgIpc) is 2.60. The summed E-state index contributed by atoms with van der Waals surface area (Å²) in [6.45, 7) is 6.35. The number of carbonyl (C=O) groups excluding carboxylic acids is 1. The minimum Gasteiger partial charge on any atom is -0.349 e. The number of carbonyl (C=O) groups is 1. The zero-order valence-electron chi connectivity index (χ0n) is 14.8. The second-order valence-electron chi connectivity index (χ2n) is 6.16. The summed E-state index contributed by atoms with van der Waals surface area (Å²) in [4.78, 5) is 12.2. The smallest absolute Gasteiger partial charge is 0.221 e. The van der Waals surface area contributed by atoms with Gasteiger partial charge in [-0.25, -0.2) is 0 Å². The summed E-state index contributed by atoms with van der Waals surface area (Å²) in [5.74, 6) is 1.95. The summed E-state index contributed by atoms with van der Waals surface area (Å²) < 4.78 is 0. The fourth-order valence-corrected chi connectivity index (χ4v) is 3.50. The molecule has 0 fully saturated rings. The van der Waals surface area contributed by atoms with E-state index in [1.165, 1.54) is 22.3 Å². The van der Waals surface area contributed by atoms with Gasteiger partial charge in [0.25, 0.3) is 0 Å². The fraction of sp³-hybridized carbons (Fsp3) is 0.381. The largest absolute Gasteiger partial charge is 0.349 e. The van der Waals surface area contributed by atoms with Crippen molar-refractivity contribution in [3.8, 4) is 0 Å². The maximum atomic E-state index is 12.2. The molecule has 2 aromatic rings. The third kappa shape index (κ3) is 5.72. The van der Waals surface area contributed by atoms with Crippen molar-refractivity contribution in [2.24, 2.45) is 0 Å². The third-order valence-corrected chi connectivity index (χ3v) is 5.29. The molecule has 3 heteroatoms. The maximum Gasteiger partial charge on any atom is 0.221 e. The van der Waals surface area contributed by atoms with Gasteiger partial charge in [-0.1, -0.05) is 55.5 Å². The summed E-state index contributed by atoms with van der Waals surface area (Å²) in [5, 5.41) is 3.18. The Morgan fingerprint density at radius 3 is 2.50 bits per heavy atom. The molecule has 0 aliphatic carbocycles. The number of hydrogen-bond donors (Lipinski definition) is 1. The van der Waals surface area contributed by atoms with E-state index in [0.29, 0.717) is 6.42 Å². The first-order valence-electron chi connectivity index (χ1n) is 8.58. The quantitative estimate of drug-likeness (QED) is 0.669. The van der Waals surface area contributed by atoms with E-state index in [1.807, 2.05) is 17.8 Å². The van der Waals surface area contributed by atoms with Crippen LogP contribution in [0.3, 0.4) is 0 Å². The van der Waals surface area contributed by atoms with E-state index in [2.05, 4.69) is 68.6 Å². The van der Waals surface area contributed by atoms with Crippen molar-refractivity contribution >= 4 is 17.7 Å². The second kappa shape index (κ2) is 9.53. The lowest BCUT2D eigenvalue weighted by Crippen LogP contribution is -2.28. The van der Waals surface area contributed by atoms with E-state index in [4.69, 9.17) is 0 Å². The van der Waals surface area contributed by atoms with Crippen LogP contribution < -0.4 is 5.32 Å². The zero-order valence-corrected chi connectivity index (χ0v) is 15.7. The van der Waals surface area contributed by atoms with Crippen LogP contribution in [0.2, 0.25) is 0 Å². The Morgan fingerprint density at radius 2 is 1.83 bits per heavy atom. The summed E-state index contributed by atoms with van der Waals surface area (Å²) in [5.41, 5.74) is 5.08. The van der Waals surface area contributed by atoms with Crippen molar-refractivity contribution in [1.82, 2.24) is 5.32 Å². The highest BCUT2D eigenvalue weighted by molar-refractivity contribution is 7.98. The van der Waals surface area contributed by atoms with Crippen molar-refractivity contribution in [2.75, 3.05) is 5.75 Å². The van der Waals surface area contributed by atoms with Gasteiger partial charge in [0.1, 0.15) is 0 Å². The monoisotopic (exact) mass is 341 g/mol. The van der Waals surface area contributed by atoms with Crippen LogP contribution in [0.1, 0.15) is 48.1 Å². The van der Waals surface area contributed by atoms with Gasteiger partial charge in [0.2, 0.25) is 5.91 Å². The number of aryl methyl sites for hydroxylation is 2. The SMILES string of the molecule is CCC(NC(=O)CCSCc1ccccc1)c1ccc(C)c(C)c1. The molecule has 2 nitrogen and oxygen atoms in total. The third-order valence-electron chi connectivity index (χ3n) is 4.26. The summed E-state index contributed by atoms with van der Waals surface area (Å²) in [6, 6.07) is 16.9. The average molecular weight is 342 g/mol. The van der Waals surface area contributed by atoms with E-state index in [-0.39, 0.29) is 11.9 Å². The number of amides is 1. The Bertz CT molecular complexity index is 654. The van der Waals surface area contributed by atoms with Crippen LogP contribution in [-0.4, -0.2) is 11.7 Å². The minimum atomic E-state index is 0.107. The summed E-state index contributed by atoms with van der Waals surface area (Å²) in [6.07, 6.45) is 1.48.